The van der Waals surface area contributed by atoms with E-state index in [0.29, 0.717) is 12.5 Å². The first-order chi connectivity index (χ1) is 7.84. The summed E-state index contributed by atoms with van der Waals surface area (Å²) in [6, 6.07) is 0. The van der Waals surface area contributed by atoms with Crippen LogP contribution < -0.4 is 10.6 Å². The maximum absolute atomic E-state index is 11.7. The molecule has 16 heavy (non-hydrogen) atoms. The average Bonchev–Trinajstić information content (AvgIpc) is 2.81. The third-order valence-electron chi connectivity index (χ3n) is 3.19. The molecule has 0 spiro atoms. The summed E-state index contributed by atoms with van der Waals surface area (Å²) in [7, 11) is 0. The van der Waals surface area contributed by atoms with Crippen molar-refractivity contribution in [2.45, 2.75) is 6.42 Å². The van der Waals surface area contributed by atoms with Crippen molar-refractivity contribution >= 4 is 5.91 Å². The molecule has 0 bridgehead atoms. The third-order valence-corrected chi connectivity index (χ3v) is 3.19. The monoisotopic (exact) mass is 227 g/mol. The van der Waals surface area contributed by atoms with Crippen LogP contribution in [-0.2, 0) is 9.53 Å². The predicted molar refractivity (Wildman–Crippen MR) is 61.2 cm³/mol. The van der Waals surface area contributed by atoms with Gasteiger partial charge in [0.25, 0.3) is 0 Å². The van der Waals surface area contributed by atoms with Gasteiger partial charge in [0.15, 0.2) is 0 Å². The molecule has 5 heteroatoms. The van der Waals surface area contributed by atoms with Crippen LogP contribution in [0.1, 0.15) is 6.42 Å². The highest BCUT2D eigenvalue weighted by atomic mass is 16.5. The van der Waals surface area contributed by atoms with E-state index in [1.54, 1.807) is 0 Å². The Hall–Kier alpha value is -0.650. The number of hydrogen-bond acceptors (Lipinski definition) is 4. The molecule has 2 heterocycles. The Morgan fingerprint density at radius 3 is 2.94 bits per heavy atom. The van der Waals surface area contributed by atoms with Gasteiger partial charge in [-0.1, -0.05) is 0 Å². The number of carbonyl (C=O) groups is 1. The molecule has 92 valence electrons. The molecular weight excluding hydrogens is 206 g/mol. The lowest BCUT2D eigenvalue weighted by molar-refractivity contribution is -0.122. The van der Waals surface area contributed by atoms with Crippen molar-refractivity contribution < 1.29 is 9.53 Å². The summed E-state index contributed by atoms with van der Waals surface area (Å²) in [6.07, 6.45) is 1.08. The van der Waals surface area contributed by atoms with Gasteiger partial charge in [-0.15, -0.1) is 0 Å². The quantitative estimate of drug-likeness (QED) is 0.650. The zero-order chi connectivity index (χ0) is 11.2. The third kappa shape index (κ3) is 3.73. The molecule has 5 nitrogen and oxygen atoms in total. The molecule has 0 aromatic carbocycles. The molecule has 0 aromatic heterocycles. The molecule has 2 saturated heterocycles. The molecular formula is C11H21N3O2. The van der Waals surface area contributed by atoms with E-state index in [1.807, 2.05) is 0 Å². The first-order valence-electron chi connectivity index (χ1n) is 6.12. The minimum absolute atomic E-state index is 0.147. The molecule has 0 aliphatic carbocycles. The van der Waals surface area contributed by atoms with Crippen LogP contribution in [0.25, 0.3) is 0 Å². The van der Waals surface area contributed by atoms with Gasteiger partial charge in [0, 0.05) is 45.2 Å². The van der Waals surface area contributed by atoms with Crippen LogP contribution in [0.3, 0.4) is 0 Å². The summed E-state index contributed by atoms with van der Waals surface area (Å²) >= 11 is 0. The number of piperazine rings is 1. The number of carbonyl (C=O) groups excluding carboxylic acids is 1. The summed E-state index contributed by atoms with van der Waals surface area (Å²) < 4.78 is 5.27. The number of nitrogens with one attached hydrogen (secondary N) is 2. The van der Waals surface area contributed by atoms with Crippen LogP contribution in [0, 0.1) is 5.92 Å². The first-order valence-corrected chi connectivity index (χ1v) is 6.12. The molecule has 2 aliphatic rings. The fourth-order valence-corrected chi connectivity index (χ4v) is 2.13. The maximum atomic E-state index is 11.7. The van der Waals surface area contributed by atoms with Crippen molar-refractivity contribution in [2.24, 2.45) is 5.92 Å². The van der Waals surface area contributed by atoms with Gasteiger partial charge in [0.1, 0.15) is 0 Å². The Bertz CT molecular complexity index is 223. The lowest BCUT2D eigenvalue weighted by Gasteiger charge is -2.26. The van der Waals surface area contributed by atoms with Crippen LogP contribution in [-0.4, -0.2) is 63.3 Å². The van der Waals surface area contributed by atoms with Crippen molar-refractivity contribution in [1.82, 2.24) is 15.5 Å². The van der Waals surface area contributed by atoms with Gasteiger partial charge in [-0.3, -0.25) is 9.69 Å². The summed E-state index contributed by atoms with van der Waals surface area (Å²) in [5.41, 5.74) is 0. The van der Waals surface area contributed by atoms with E-state index in [9.17, 15) is 4.79 Å². The second-order valence-electron chi connectivity index (χ2n) is 4.56. The normalized spacial score (nSPS) is 26.9. The summed E-state index contributed by atoms with van der Waals surface area (Å²) in [4.78, 5) is 13.8. The van der Waals surface area contributed by atoms with E-state index in [-0.39, 0.29) is 5.91 Å². The SMILES string of the molecule is O=C(CN1CCNCC1)NCC1CCOC1. The van der Waals surface area contributed by atoms with Crippen LogP contribution in [0.5, 0.6) is 0 Å². The average molecular weight is 227 g/mol. The molecule has 1 amide bonds. The molecule has 1 unspecified atom stereocenters. The van der Waals surface area contributed by atoms with Crippen molar-refractivity contribution in [3.8, 4) is 0 Å². The largest absolute Gasteiger partial charge is 0.381 e. The van der Waals surface area contributed by atoms with Crippen molar-refractivity contribution in [1.29, 1.82) is 0 Å². The second kappa shape index (κ2) is 6.18. The van der Waals surface area contributed by atoms with Crippen LogP contribution >= 0.6 is 0 Å². The number of rotatable bonds is 4. The predicted octanol–water partition coefficient (Wildman–Crippen LogP) is -0.956. The highest BCUT2D eigenvalue weighted by molar-refractivity contribution is 5.78. The van der Waals surface area contributed by atoms with E-state index in [1.165, 1.54) is 0 Å². The van der Waals surface area contributed by atoms with Gasteiger partial charge in [0.2, 0.25) is 5.91 Å². The smallest absolute Gasteiger partial charge is 0.234 e. The van der Waals surface area contributed by atoms with Gasteiger partial charge in [-0.2, -0.15) is 0 Å². The van der Waals surface area contributed by atoms with Crippen molar-refractivity contribution in [2.75, 3.05) is 52.5 Å². The molecule has 2 aliphatic heterocycles. The Kier molecular flexibility index (Phi) is 4.56. The maximum Gasteiger partial charge on any atom is 0.234 e. The Balaban J connectivity index is 1.59. The lowest BCUT2D eigenvalue weighted by Crippen LogP contribution is -2.48. The molecule has 0 radical (unpaired) electrons. The Morgan fingerprint density at radius 1 is 1.44 bits per heavy atom. The Morgan fingerprint density at radius 2 is 2.25 bits per heavy atom. The van der Waals surface area contributed by atoms with E-state index in [0.717, 1.165) is 52.4 Å². The van der Waals surface area contributed by atoms with Crippen molar-refractivity contribution in [3.63, 3.8) is 0 Å². The number of hydrogen-bond donors (Lipinski definition) is 2. The zero-order valence-electron chi connectivity index (χ0n) is 9.71. The van der Waals surface area contributed by atoms with E-state index < -0.39 is 0 Å². The number of nitrogens with zero attached hydrogens (tertiary/aromatic N) is 1. The number of amides is 1. The fraction of sp³-hybridized carbons (Fsp3) is 0.909. The first kappa shape index (κ1) is 11.8. The van der Waals surface area contributed by atoms with Gasteiger partial charge in [-0.25, -0.2) is 0 Å². The second-order valence-corrected chi connectivity index (χ2v) is 4.56. The minimum atomic E-state index is 0.147. The van der Waals surface area contributed by atoms with Gasteiger partial charge in [0.05, 0.1) is 13.2 Å². The molecule has 0 saturated carbocycles. The minimum Gasteiger partial charge on any atom is -0.381 e. The fourth-order valence-electron chi connectivity index (χ4n) is 2.13. The number of ether oxygens (including phenoxy) is 1. The van der Waals surface area contributed by atoms with Gasteiger partial charge < -0.3 is 15.4 Å². The van der Waals surface area contributed by atoms with Crippen LogP contribution in [0.2, 0.25) is 0 Å². The van der Waals surface area contributed by atoms with Crippen LogP contribution in [0.4, 0.5) is 0 Å². The topological polar surface area (TPSA) is 53.6 Å². The molecule has 2 rings (SSSR count). The highest BCUT2D eigenvalue weighted by Crippen LogP contribution is 2.10. The van der Waals surface area contributed by atoms with E-state index in [2.05, 4.69) is 15.5 Å². The summed E-state index contributed by atoms with van der Waals surface area (Å²) in [6.45, 7) is 6.87. The van der Waals surface area contributed by atoms with E-state index in [4.69, 9.17) is 4.74 Å². The Labute approximate surface area is 96.5 Å². The van der Waals surface area contributed by atoms with Crippen molar-refractivity contribution in [3.05, 3.63) is 0 Å². The zero-order valence-corrected chi connectivity index (χ0v) is 9.71. The van der Waals surface area contributed by atoms with Gasteiger partial charge >= 0.3 is 0 Å². The lowest BCUT2D eigenvalue weighted by atomic mass is 10.1. The van der Waals surface area contributed by atoms with Gasteiger partial charge in [-0.05, 0) is 6.42 Å². The molecule has 1 atom stereocenters. The van der Waals surface area contributed by atoms with Crippen LogP contribution in [0.15, 0.2) is 0 Å². The molecule has 2 N–H and O–H groups in total. The molecule has 0 aromatic rings. The summed E-state index contributed by atoms with van der Waals surface area (Å²) in [5.74, 6) is 0.667. The summed E-state index contributed by atoms with van der Waals surface area (Å²) in [5, 5.41) is 6.27. The highest BCUT2D eigenvalue weighted by Gasteiger charge is 2.17. The standard InChI is InChI=1S/C11H21N3O2/c15-11(8-14-4-2-12-3-5-14)13-7-10-1-6-16-9-10/h10,12H,1-9H2,(H,13,15). The molecule has 2 fully saturated rings. The van der Waals surface area contributed by atoms with E-state index >= 15 is 0 Å².